The zero-order valence-corrected chi connectivity index (χ0v) is 23.6. The van der Waals surface area contributed by atoms with E-state index in [9.17, 15) is 19.5 Å². The Labute approximate surface area is 216 Å². The second kappa shape index (κ2) is 15.6. The number of hydrogen-bond donors (Lipinski definition) is 4. The number of unbranched alkanes of at least 4 members (excludes halogenated alkanes) is 1. The van der Waals surface area contributed by atoms with Gasteiger partial charge in [-0.25, -0.2) is 4.79 Å². The molecular weight excluding hydrogens is 466 g/mol. The molecule has 0 aromatic carbocycles. The molecule has 1 saturated carbocycles. The highest BCUT2D eigenvalue weighted by atomic mass is 32.2. The summed E-state index contributed by atoms with van der Waals surface area (Å²) in [5.41, 5.74) is -0.670. The quantitative estimate of drug-likeness (QED) is 0.261. The van der Waals surface area contributed by atoms with Gasteiger partial charge < -0.3 is 25.8 Å². The van der Waals surface area contributed by atoms with Crippen LogP contribution >= 0.6 is 11.8 Å². The number of alkyl carbamates (subject to hydrolysis) is 1. The van der Waals surface area contributed by atoms with Crippen LogP contribution in [0.25, 0.3) is 0 Å². The van der Waals surface area contributed by atoms with Crippen LogP contribution in [0, 0.1) is 17.8 Å². The van der Waals surface area contributed by atoms with E-state index in [0.29, 0.717) is 25.1 Å². The van der Waals surface area contributed by atoms with E-state index in [4.69, 9.17) is 4.74 Å². The maximum Gasteiger partial charge on any atom is 0.408 e. The maximum absolute atomic E-state index is 13.3. The van der Waals surface area contributed by atoms with Gasteiger partial charge in [-0.05, 0) is 76.7 Å². The van der Waals surface area contributed by atoms with Gasteiger partial charge in [-0.3, -0.25) is 9.59 Å². The molecule has 0 aliphatic heterocycles. The number of amides is 3. The largest absolute Gasteiger partial charge is 0.444 e. The minimum absolute atomic E-state index is 0.000868. The average Bonchev–Trinajstić information content (AvgIpc) is 3.24. The Bertz CT molecular complexity index is 668. The van der Waals surface area contributed by atoms with E-state index < -0.39 is 29.9 Å². The van der Waals surface area contributed by atoms with Crippen molar-refractivity contribution in [2.45, 2.75) is 110 Å². The highest BCUT2D eigenvalue weighted by Crippen LogP contribution is 2.36. The first-order chi connectivity index (χ1) is 16.4. The third kappa shape index (κ3) is 11.9. The van der Waals surface area contributed by atoms with Crippen molar-refractivity contribution in [2.75, 3.05) is 18.6 Å². The Morgan fingerprint density at radius 1 is 1.14 bits per heavy atom. The number of aliphatic hydroxyl groups excluding tert-OH is 1. The van der Waals surface area contributed by atoms with E-state index in [-0.39, 0.29) is 29.6 Å². The minimum Gasteiger partial charge on any atom is -0.444 e. The van der Waals surface area contributed by atoms with Crippen LogP contribution in [0.3, 0.4) is 0 Å². The van der Waals surface area contributed by atoms with Gasteiger partial charge in [0.15, 0.2) is 0 Å². The second-order valence-corrected chi connectivity index (χ2v) is 12.0. The average molecular weight is 516 g/mol. The van der Waals surface area contributed by atoms with E-state index in [1.807, 2.05) is 20.1 Å². The fourth-order valence-electron chi connectivity index (χ4n) is 4.57. The van der Waals surface area contributed by atoms with Crippen LogP contribution in [0.1, 0.15) is 86.5 Å². The molecule has 1 aliphatic carbocycles. The SMILES string of the molecule is CCCCNC(=O)[C@@H]1CCC[C@H]1[C@H](O)[C@H](CC(C)C)NC(=O)[C@H](CCSC)NC(=O)OC(C)(C)C. The van der Waals surface area contributed by atoms with Crippen LogP contribution in [0.4, 0.5) is 4.79 Å². The molecule has 0 aromatic rings. The Kier molecular flexibility index (Phi) is 14.1. The third-order valence-electron chi connectivity index (χ3n) is 6.26. The monoisotopic (exact) mass is 515 g/mol. The summed E-state index contributed by atoms with van der Waals surface area (Å²) in [7, 11) is 0. The smallest absolute Gasteiger partial charge is 0.408 e. The first-order valence-corrected chi connectivity index (χ1v) is 14.5. The molecule has 5 atom stereocenters. The molecule has 35 heavy (non-hydrogen) atoms. The molecular formula is C26H49N3O5S. The molecule has 0 radical (unpaired) electrons. The van der Waals surface area contributed by atoms with Crippen molar-refractivity contribution in [3.63, 3.8) is 0 Å². The van der Waals surface area contributed by atoms with Crippen LogP contribution in [0.5, 0.6) is 0 Å². The van der Waals surface area contributed by atoms with Gasteiger partial charge >= 0.3 is 6.09 Å². The van der Waals surface area contributed by atoms with Crippen molar-refractivity contribution in [3.05, 3.63) is 0 Å². The molecule has 0 spiro atoms. The molecule has 1 fully saturated rings. The summed E-state index contributed by atoms with van der Waals surface area (Å²) in [6, 6.07) is -1.27. The van der Waals surface area contributed by atoms with E-state index in [0.717, 1.165) is 32.1 Å². The summed E-state index contributed by atoms with van der Waals surface area (Å²) in [5.74, 6) is 0.130. The van der Waals surface area contributed by atoms with Gasteiger partial charge in [0.25, 0.3) is 0 Å². The van der Waals surface area contributed by atoms with Crippen molar-refractivity contribution < 1.29 is 24.2 Å². The Balaban J connectivity index is 2.95. The van der Waals surface area contributed by atoms with Crippen LogP contribution in [-0.2, 0) is 14.3 Å². The van der Waals surface area contributed by atoms with Gasteiger partial charge in [0.1, 0.15) is 11.6 Å². The van der Waals surface area contributed by atoms with Crippen molar-refractivity contribution in [2.24, 2.45) is 17.8 Å². The lowest BCUT2D eigenvalue weighted by Gasteiger charge is -2.33. The zero-order valence-electron chi connectivity index (χ0n) is 22.8. The minimum atomic E-state index is -0.839. The molecule has 8 nitrogen and oxygen atoms in total. The van der Waals surface area contributed by atoms with Gasteiger partial charge in [0.2, 0.25) is 11.8 Å². The van der Waals surface area contributed by atoms with E-state index >= 15 is 0 Å². The van der Waals surface area contributed by atoms with Gasteiger partial charge in [-0.2, -0.15) is 11.8 Å². The van der Waals surface area contributed by atoms with E-state index in [1.165, 1.54) is 0 Å². The number of ether oxygens (including phenoxy) is 1. The fraction of sp³-hybridized carbons (Fsp3) is 0.885. The summed E-state index contributed by atoms with van der Waals surface area (Å²) < 4.78 is 5.35. The lowest BCUT2D eigenvalue weighted by molar-refractivity contribution is -0.128. The van der Waals surface area contributed by atoms with Crippen molar-refractivity contribution in [1.82, 2.24) is 16.0 Å². The number of aliphatic hydroxyl groups is 1. The maximum atomic E-state index is 13.3. The van der Waals surface area contributed by atoms with Crippen molar-refractivity contribution >= 4 is 29.7 Å². The van der Waals surface area contributed by atoms with E-state index in [2.05, 4.69) is 22.9 Å². The molecule has 0 heterocycles. The van der Waals surface area contributed by atoms with Gasteiger partial charge in [-0.1, -0.05) is 33.6 Å². The Hall–Kier alpha value is -1.48. The molecule has 3 amide bonds. The lowest BCUT2D eigenvalue weighted by atomic mass is 9.83. The summed E-state index contributed by atoms with van der Waals surface area (Å²) >= 11 is 1.59. The molecule has 204 valence electrons. The first-order valence-electron chi connectivity index (χ1n) is 13.1. The summed E-state index contributed by atoms with van der Waals surface area (Å²) in [6.45, 7) is 12.1. The molecule has 1 rings (SSSR count). The molecule has 1 aliphatic rings. The number of carbonyl (C=O) groups excluding carboxylic acids is 3. The summed E-state index contributed by atoms with van der Waals surface area (Å²) in [6.07, 6.45) is 5.81. The number of thioether (sulfide) groups is 1. The van der Waals surface area contributed by atoms with Crippen molar-refractivity contribution in [3.8, 4) is 0 Å². The number of carbonyl (C=O) groups is 3. The summed E-state index contributed by atoms with van der Waals surface area (Å²) in [4.78, 5) is 38.4. The number of hydrogen-bond acceptors (Lipinski definition) is 6. The molecule has 4 N–H and O–H groups in total. The molecule has 0 unspecified atom stereocenters. The second-order valence-electron chi connectivity index (χ2n) is 11.1. The first kappa shape index (κ1) is 31.5. The summed E-state index contributed by atoms with van der Waals surface area (Å²) in [5, 5.41) is 20.1. The van der Waals surface area contributed by atoms with Gasteiger partial charge in [0, 0.05) is 12.5 Å². The number of nitrogens with one attached hydrogen (secondary N) is 3. The number of rotatable bonds is 14. The molecule has 0 bridgehead atoms. The third-order valence-corrected chi connectivity index (χ3v) is 6.90. The highest BCUT2D eigenvalue weighted by Gasteiger charge is 2.41. The molecule has 9 heteroatoms. The lowest BCUT2D eigenvalue weighted by Crippen LogP contribution is -2.55. The highest BCUT2D eigenvalue weighted by molar-refractivity contribution is 7.98. The molecule has 0 saturated heterocycles. The van der Waals surface area contributed by atoms with Gasteiger partial charge in [0.05, 0.1) is 12.1 Å². The Morgan fingerprint density at radius 3 is 2.40 bits per heavy atom. The Morgan fingerprint density at radius 2 is 1.83 bits per heavy atom. The topological polar surface area (TPSA) is 117 Å². The van der Waals surface area contributed by atoms with Crippen LogP contribution in [-0.4, -0.2) is 65.4 Å². The molecule has 0 aromatic heterocycles. The van der Waals surface area contributed by atoms with Crippen LogP contribution < -0.4 is 16.0 Å². The predicted molar refractivity (Wildman–Crippen MR) is 142 cm³/mol. The van der Waals surface area contributed by atoms with Crippen LogP contribution in [0.2, 0.25) is 0 Å². The normalized spacial score (nSPS) is 20.7. The standard InChI is InChI=1S/C26H49N3O5S/c1-8-9-14-27-23(31)19-12-10-11-18(19)22(30)21(16-17(2)3)28-24(32)20(13-15-35-7)29-25(33)34-26(4,5)6/h17-22,30H,8-16H2,1-7H3,(H,27,31)(H,28,32)(H,29,33)/t18-,19-,20+,21+,22+/m1/s1. The fourth-order valence-corrected chi connectivity index (χ4v) is 5.04. The predicted octanol–water partition coefficient (Wildman–Crippen LogP) is 3.86. The van der Waals surface area contributed by atoms with Crippen molar-refractivity contribution in [1.29, 1.82) is 0 Å². The zero-order chi connectivity index (χ0) is 26.6. The van der Waals surface area contributed by atoms with Gasteiger partial charge in [-0.15, -0.1) is 0 Å². The van der Waals surface area contributed by atoms with Crippen LogP contribution in [0.15, 0.2) is 0 Å². The van der Waals surface area contributed by atoms with E-state index in [1.54, 1.807) is 32.5 Å².